The zero-order chi connectivity index (χ0) is 19.8. The van der Waals surface area contributed by atoms with Crippen molar-refractivity contribution >= 4 is 45.6 Å². The van der Waals surface area contributed by atoms with Crippen LogP contribution in [0.1, 0.15) is 38.1 Å². The fraction of sp³-hybridized carbons (Fsp3) is 0.333. The zero-order valence-corrected chi connectivity index (χ0v) is 16.9. The second-order valence-corrected chi connectivity index (χ2v) is 8.10. The van der Waals surface area contributed by atoms with Crippen molar-refractivity contribution in [2.75, 3.05) is 11.9 Å². The maximum Gasteiger partial charge on any atom is 0.343 e. The first kappa shape index (κ1) is 19.3. The molecule has 3 aromatic heterocycles. The summed E-state index contributed by atoms with van der Waals surface area (Å²) in [7, 11) is 0. The summed E-state index contributed by atoms with van der Waals surface area (Å²) in [6, 6.07) is 1.58. The van der Waals surface area contributed by atoms with Crippen LogP contribution in [0.5, 0.6) is 0 Å². The first-order chi connectivity index (χ1) is 12.7. The Bertz CT molecular complexity index is 1060. The molecule has 0 spiro atoms. The van der Waals surface area contributed by atoms with Crippen LogP contribution < -0.4 is 10.7 Å². The summed E-state index contributed by atoms with van der Waals surface area (Å²) in [4.78, 5) is 34.1. The third-order valence-electron chi connectivity index (χ3n) is 3.56. The fourth-order valence-corrected chi connectivity index (χ4v) is 3.43. The molecular formula is C18H19ClN4O3S. The number of hydrogen-bond acceptors (Lipinski definition) is 7. The number of ether oxygens (including phenoxy) is 1. The number of pyridine rings is 2. The first-order valence-electron chi connectivity index (χ1n) is 8.32. The van der Waals surface area contributed by atoms with Gasteiger partial charge in [-0.2, -0.15) is 0 Å². The Morgan fingerprint density at radius 1 is 1.41 bits per heavy atom. The second-order valence-electron chi connectivity index (χ2n) is 6.84. The van der Waals surface area contributed by atoms with Gasteiger partial charge in [-0.05, 0) is 33.8 Å². The van der Waals surface area contributed by atoms with E-state index in [1.807, 2.05) is 20.8 Å². The number of fused-ring (bicyclic) bond motifs is 1. The standard InChI is InChI=1S/C18H19ClN4O3S/c1-5-26-16(25)10-9-23(17-20-6-7-27-17)15-13(14(10)24)11(8-12(19)21-15)22-18(2,3)4/h6-9H,5H2,1-4H3,(H,21,22). The summed E-state index contributed by atoms with van der Waals surface area (Å²) in [6.07, 6.45) is 3.04. The molecule has 0 saturated heterocycles. The first-order valence-corrected chi connectivity index (χ1v) is 9.58. The summed E-state index contributed by atoms with van der Waals surface area (Å²) < 4.78 is 6.65. The van der Waals surface area contributed by atoms with Crippen LogP contribution in [0.25, 0.3) is 16.2 Å². The molecule has 142 valence electrons. The van der Waals surface area contributed by atoms with Crippen molar-refractivity contribution in [2.24, 2.45) is 0 Å². The summed E-state index contributed by atoms with van der Waals surface area (Å²) >= 11 is 7.56. The van der Waals surface area contributed by atoms with Crippen LogP contribution in [0.4, 0.5) is 5.69 Å². The van der Waals surface area contributed by atoms with Gasteiger partial charge in [-0.25, -0.2) is 14.8 Å². The number of carbonyl (C=O) groups excluding carboxylic acids is 1. The Hall–Kier alpha value is -2.45. The van der Waals surface area contributed by atoms with Gasteiger partial charge < -0.3 is 10.1 Å². The molecule has 0 saturated carbocycles. The van der Waals surface area contributed by atoms with Crippen molar-refractivity contribution in [3.05, 3.63) is 44.8 Å². The van der Waals surface area contributed by atoms with E-state index < -0.39 is 11.4 Å². The van der Waals surface area contributed by atoms with E-state index in [-0.39, 0.29) is 28.2 Å². The average molecular weight is 407 g/mol. The fourth-order valence-electron chi connectivity index (χ4n) is 2.62. The van der Waals surface area contributed by atoms with E-state index in [0.29, 0.717) is 16.5 Å². The topological polar surface area (TPSA) is 86.1 Å². The molecule has 0 amide bonds. The van der Waals surface area contributed by atoms with Crippen LogP contribution >= 0.6 is 22.9 Å². The number of hydrogen-bond donors (Lipinski definition) is 1. The predicted molar refractivity (Wildman–Crippen MR) is 107 cm³/mol. The molecule has 3 heterocycles. The van der Waals surface area contributed by atoms with Gasteiger partial charge in [0, 0.05) is 23.3 Å². The molecule has 0 radical (unpaired) electrons. The van der Waals surface area contributed by atoms with E-state index in [0.717, 1.165) is 0 Å². The van der Waals surface area contributed by atoms with Crippen molar-refractivity contribution < 1.29 is 9.53 Å². The number of esters is 1. The monoisotopic (exact) mass is 406 g/mol. The van der Waals surface area contributed by atoms with E-state index in [2.05, 4.69) is 15.3 Å². The molecule has 9 heteroatoms. The van der Waals surface area contributed by atoms with Crippen molar-refractivity contribution in [2.45, 2.75) is 33.2 Å². The highest BCUT2D eigenvalue weighted by Crippen LogP contribution is 2.28. The lowest BCUT2D eigenvalue weighted by molar-refractivity contribution is 0.0524. The lowest BCUT2D eigenvalue weighted by atomic mass is 10.1. The molecule has 0 fully saturated rings. The number of aromatic nitrogens is 3. The minimum atomic E-state index is -0.689. The van der Waals surface area contributed by atoms with Crippen molar-refractivity contribution in [1.29, 1.82) is 0 Å². The van der Waals surface area contributed by atoms with Gasteiger partial charge in [0.1, 0.15) is 10.7 Å². The molecule has 0 aromatic carbocycles. The van der Waals surface area contributed by atoms with Crippen LogP contribution in [0.15, 0.2) is 28.6 Å². The molecule has 0 aliphatic rings. The van der Waals surface area contributed by atoms with E-state index in [1.165, 1.54) is 17.5 Å². The summed E-state index contributed by atoms with van der Waals surface area (Å²) in [5.41, 5.74) is -0.0651. The van der Waals surface area contributed by atoms with Gasteiger partial charge in [0.2, 0.25) is 5.43 Å². The number of rotatable bonds is 4. The third kappa shape index (κ3) is 3.96. The quantitative estimate of drug-likeness (QED) is 0.522. The van der Waals surface area contributed by atoms with Crippen molar-refractivity contribution in [1.82, 2.24) is 14.5 Å². The van der Waals surface area contributed by atoms with Crippen LogP contribution in [0.3, 0.4) is 0 Å². The lowest BCUT2D eigenvalue weighted by Gasteiger charge is -2.23. The molecule has 0 bridgehead atoms. The van der Waals surface area contributed by atoms with Gasteiger partial charge in [-0.15, -0.1) is 11.3 Å². The number of nitrogens with one attached hydrogen (secondary N) is 1. The normalized spacial score (nSPS) is 11.6. The minimum absolute atomic E-state index is 0.0827. The van der Waals surface area contributed by atoms with Crippen LogP contribution in [0.2, 0.25) is 5.15 Å². The maximum absolute atomic E-state index is 13.1. The third-order valence-corrected chi connectivity index (χ3v) is 4.52. The van der Waals surface area contributed by atoms with Gasteiger partial charge in [0.05, 0.1) is 17.7 Å². The molecule has 0 atom stereocenters. The molecule has 0 aliphatic carbocycles. The van der Waals surface area contributed by atoms with Gasteiger partial charge >= 0.3 is 5.97 Å². The SMILES string of the molecule is CCOC(=O)c1cn(-c2nccs2)c2nc(Cl)cc(NC(C)(C)C)c2c1=O. The van der Waals surface area contributed by atoms with Crippen LogP contribution in [0, 0.1) is 0 Å². The molecule has 1 N–H and O–H groups in total. The Morgan fingerprint density at radius 2 is 2.15 bits per heavy atom. The van der Waals surface area contributed by atoms with Crippen LogP contribution in [-0.2, 0) is 4.74 Å². The van der Waals surface area contributed by atoms with Crippen molar-refractivity contribution in [3.8, 4) is 5.13 Å². The van der Waals surface area contributed by atoms with Gasteiger partial charge in [0.15, 0.2) is 10.8 Å². The highest BCUT2D eigenvalue weighted by atomic mass is 35.5. The number of nitrogens with zero attached hydrogens (tertiary/aromatic N) is 3. The molecule has 27 heavy (non-hydrogen) atoms. The Balaban J connectivity index is 2.42. The highest BCUT2D eigenvalue weighted by molar-refractivity contribution is 7.12. The predicted octanol–water partition coefficient (Wildman–Crippen LogP) is 3.88. The second kappa shape index (κ2) is 7.28. The zero-order valence-electron chi connectivity index (χ0n) is 15.4. The molecular weight excluding hydrogens is 388 g/mol. The summed E-state index contributed by atoms with van der Waals surface area (Å²) in [5.74, 6) is -0.689. The molecule has 0 aliphatic heterocycles. The number of thiazole rings is 1. The highest BCUT2D eigenvalue weighted by Gasteiger charge is 2.23. The smallest absolute Gasteiger partial charge is 0.343 e. The van der Waals surface area contributed by atoms with Gasteiger partial charge in [-0.3, -0.25) is 9.36 Å². The lowest BCUT2D eigenvalue weighted by Crippen LogP contribution is -2.28. The van der Waals surface area contributed by atoms with E-state index in [1.54, 1.807) is 29.1 Å². The molecule has 3 rings (SSSR count). The summed E-state index contributed by atoms with van der Waals surface area (Å²) in [6.45, 7) is 7.73. The van der Waals surface area contributed by atoms with E-state index in [9.17, 15) is 9.59 Å². The largest absolute Gasteiger partial charge is 0.462 e. The molecule has 7 nitrogen and oxygen atoms in total. The Labute approximate surface area is 165 Å². The minimum Gasteiger partial charge on any atom is -0.462 e. The Morgan fingerprint density at radius 3 is 2.74 bits per heavy atom. The van der Waals surface area contributed by atoms with E-state index >= 15 is 0 Å². The van der Waals surface area contributed by atoms with E-state index in [4.69, 9.17) is 16.3 Å². The maximum atomic E-state index is 13.1. The van der Waals surface area contributed by atoms with Gasteiger partial charge in [0.25, 0.3) is 0 Å². The molecule has 3 aromatic rings. The molecule has 0 unspecified atom stereocenters. The number of carbonyl (C=O) groups is 1. The van der Waals surface area contributed by atoms with Crippen molar-refractivity contribution in [3.63, 3.8) is 0 Å². The number of anilines is 1. The average Bonchev–Trinajstić information content (AvgIpc) is 3.07. The summed E-state index contributed by atoms with van der Waals surface area (Å²) in [5, 5.41) is 6.10. The number of halogens is 1. The Kier molecular flexibility index (Phi) is 5.21. The van der Waals surface area contributed by atoms with Crippen LogP contribution in [-0.4, -0.2) is 32.7 Å². The van der Waals surface area contributed by atoms with Gasteiger partial charge in [-0.1, -0.05) is 11.6 Å².